The maximum Gasteiger partial charge on any atom is 0.203 e. The van der Waals surface area contributed by atoms with E-state index in [1.165, 1.54) is 16.6 Å². The number of methoxy groups -OCH3 is 4. The molecule has 2 aromatic carbocycles. The smallest absolute Gasteiger partial charge is 0.203 e. The summed E-state index contributed by atoms with van der Waals surface area (Å²) in [4.78, 5) is 3.59. The Morgan fingerprint density at radius 1 is 0.889 bits per heavy atom. The van der Waals surface area contributed by atoms with Crippen molar-refractivity contribution in [1.29, 1.82) is 0 Å². The Bertz CT molecular complexity index is 955. The molecule has 3 aromatic rings. The number of ether oxygens (including phenoxy) is 4. The van der Waals surface area contributed by atoms with Crippen molar-refractivity contribution in [3.63, 3.8) is 0 Å². The highest BCUT2D eigenvalue weighted by Gasteiger charge is 2.27. The number of hydrogen-bond donors (Lipinski definition) is 2. The molecule has 0 radical (unpaired) electrons. The van der Waals surface area contributed by atoms with Crippen molar-refractivity contribution in [2.75, 3.05) is 35.0 Å². The lowest BCUT2D eigenvalue weighted by Crippen LogP contribution is -2.30. The zero-order valence-corrected chi connectivity index (χ0v) is 16.0. The Balaban J connectivity index is 1.85. The minimum absolute atomic E-state index is 0.0147. The van der Waals surface area contributed by atoms with Crippen LogP contribution in [-0.4, -0.2) is 40.0 Å². The third kappa shape index (κ3) is 2.86. The van der Waals surface area contributed by atoms with E-state index in [1.807, 2.05) is 18.2 Å². The largest absolute Gasteiger partial charge is 0.497 e. The predicted molar refractivity (Wildman–Crippen MR) is 104 cm³/mol. The Morgan fingerprint density at radius 3 is 2.26 bits per heavy atom. The molecule has 1 aliphatic heterocycles. The van der Waals surface area contributed by atoms with Gasteiger partial charge in [-0.3, -0.25) is 0 Å². The van der Waals surface area contributed by atoms with E-state index in [0.29, 0.717) is 17.2 Å². The van der Waals surface area contributed by atoms with Crippen molar-refractivity contribution in [2.24, 2.45) is 0 Å². The highest BCUT2D eigenvalue weighted by atomic mass is 16.5. The van der Waals surface area contributed by atoms with Crippen LogP contribution in [0.5, 0.6) is 23.0 Å². The van der Waals surface area contributed by atoms with E-state index in [-0.39, 0.29) is 6.04 Å². The number of aromatic nitrogens is 1. The second-order valence-electron chi connectivity index (χ2n) is 6.52. The van der Waals surface area contributed by atoms with Gasteiger partial charge in [0.25, 0.3) is 0 Å². The van der Waals surface area contributed by atoms with Gasteiger partial charge < -0.3 is 29.2 Å². The Morgan fingerprint density at radius 2 is 1.63 bits per heavy atom. The van der Waals surface area contributed by atoms with Crippen molar-refractivity contribution < 1.29 is 18.9 Å². The summed E-state index contributed by atoms with van der Waals surface area (Å²) < 4.78 is 21.9. The molecular formula is C21H24N2O4. The molecule has 0 bridgehead atoms. The molecule has 0 fully saturated rings. The number of benzene rings is 2. The zero-order chi connectivity index (χ0) is 19.0. The van der Waals surface area contributed by atoms with Crippen molar-refractivity contribution in [1.82, 2.24) is 10.3 Å². The van der Waals surface area contributed by atoms with Crippen molar-refractivity contribution in [3.05, 3.63) is 47.2 Å². The number of nitrogens with one attached hydrogen (secondary N) is 2. The molecule has 2 N–H and O–H groups in total. The fourth-order valence-electron chi connectivity index (χ4n) is 3.89. The van der Waals surface area contributed by atoms with Gasteiger partial charge in [-0.25, -0.2) is 0 Å². The van der Waals surface area contributed by atoms with Crippen LogP contribution in [0, 0.1) is 0 Å². The summed E-state index contributed by atoms with van der Waals surface area (Å²) in [5, 5.41) is 4.82. The van der Waals surface area contributed by atoms with Gasteiger partial charge >= 0.3 is 0 Å². The van der Waals surface area contributed by atoms with E-state index >= 15 is 0 Å². The van der Waals surface area contributed by atoms with Crippen LogP contribution < -0.4 is 24.3 Å². The number of rotatable bonds is 5. The first kappa shape index (κ1) is 17.5. The molecule has 1 aromatic heterocycles. The van der Waals surface area contributed by atoms with Gasteiger partial charge in [-0.05, 0) is 47.9 Å². The number of aromatic amines is 1. The molecule has 1 unspecified atom stereocenters. The summed E-state index contributed by atoms with van der Waals surface area (Å²) in [6, 6.07) is 10.2. The fourth-order valence-corrected chi connectivity index (χ4v) is 3.89. The first-order chi connectivity index (χ1) is 13.2. The van der Waals surface area contributed by atoms with E-state index in [2.05, 4.69) is 22.4 Å². The van der Waals surface area contributed by atoms with Crippen LogP contribution in [0.1, 0.15) is 22.9 Å². The second kappa shape index (κ2) is 7.04. The minimum atomic E-state index is 0.0147. The summed E-state index contributed by atoms with van der Waals surface area (Å²) >= 11 is 0. The zero-order valence-electron chi connectivity index (χ0n) is 16.0. The molecule has 27 heavy (non-hydrogen) atoms. The van der Waals surface area contributed by atoms with Crippen LogP contribution in [0.4, 0.5) is 0 Å². The highest BCUT2D eigenvalue weighted by Crippen LogP contribution is 2.42. The molecule has 1 atom stereocenters. The first-order valence-electron chi connectivity index (χ1n) is 8.92. The highest BCUT2D eigenvalue weighted by molar-refractivity contribution is 5.86. The molecule has 4 rings (SSSR count). The van der Waals surface area contributed by atoms with E-state index in [9.17, 15) is 0 Å². The molecule has 6 heteroatoms. The standard InChI is InChI=1S/C21H24N2O4/c1-24-13-5-6-16-15(11-13)14-7-8-22-19(20(14)23-16)12-9-17(25-2)21(27-4)18(10-12)26-3/h5-6,9-11,19,22-23H,7-8H2,1-4H3. The molecule has 142 valence electrons. The molecule has 0 amide bonds. The summed E-state index contributed by atoms with van der Waals surface area (Å²) in [5.74, 6) is 2.77. The topological polar surface area (TPSA) is 64.7 Å². The third-order valence-electron chi connectivity index (χ3n) is 5.18. The van der Waals surface area contributed by atoms with E-state index in [1.54, 1.807) is 28.4 Å². The molecule has 1 aliphatic rings. The van der Waals surface area contributed by atoms with Crippen LogP contribution in [-0.2, 0) is 6.42 Å². The van der Waals surface area contributed by atoms with E-state index in [4.69, 9.17) is 18.9 Å². The maximum absolute atomic E-state index is 5.53. The molecule has 0 spiro atoms. The van der Waals surface area contributed by atoms with Crippen LogP contribution in [0.2, 0.25) is 0 Å². The molecule has 2 heterocycles. The van der Waals surface area contributed by atoms with Gasteiger partial charge in [0.15, 0.2) is 11.5 Å². The van der Waals surface area contributed by atoms with Gasteiger partial charge in [0.2, 0.25) is 5.75 Å². The summed E-state index contributed by atoms with van der Waals surface area (Å²) in [7, 11) is 6.58. The first-order valence-corrected chi connectivity index (χ1v) is 8.92. The predicted octanol–water partition coefficient (Wildman–Crippen LogP) is 3.44. The summed E-state index contributed by atoms with van der Waals surface area (Å²) in [5.41, 5.74) is 4.66. The molecule has 0 saturated carbocycles. The van der Waals surface area contributed by atoms with E-state index < -0.39 is 0 Å². The van der Waals surface area contributed by atoms with Crippen molar-refractivity contribution >= 4 is 10.9 Å². The molecule has 6 nitrogen and oxygen atoms in total. The van der Waals surface area contributed by atoms with Crippen LogP contribution >= 0.6 is 0 Å². The number of hydrogen-bond acceptors (Lipinski definition) is 5. The lowest BCUT2D eigenvalue weighted by molar-refractivity contribution is 0.323. The molecule has 0 saturated heterocycles. The average molecular weight is 368 g/mol. The van der Waals surface area contributed by atoms with Crippen LogP contribution in [0.3, 0.4) is 0 Å². The maximum atomic E-state index is 5.53. The molecule has 0 aliphatic carbocycles. The SMILES string of the molecule is COc1ccc2[nH]c3c(c2c1)CCNC3c1cc(OC)c(OC)c(OC)c1. The van der Waals surface area contributed by atoms with Crippen LogP contribution in [0.25, 0.3) is 10.9 Å². The third-order valence-corrected chi connectivity index (χ3v) is 5.18. The minimum Gasteiger partial charge on any atom is -0.497 e. The van der Waals surface area contributed by atoms with Gasteiger partial charge in [0.05, 0.1) is 34.5 Å². The van der Waals surface area contributed by atoms with Gasteiger partial charge in [-0.15, -0.1) is 0 Å². The van der Waals surface area contributed by atoms with Gasteiger partial charge in [-0.2, -0.15) is 0 Å². The Labute approximate surface area is 158 Å². The summed E-state index contributed by atoms with van der Waals surface area (Å²) in [6.07, 6.45) is 0.962. The Kier molecular flexibility index (Phi) is 4.58. The monoisotopic (exact) mass is 368 g/mol. The molecular weight excluding hydrogens is 344 g/mol. The van der Waals surface area contributed by atoms with E-state index in [0.717, 1.165) is 29.8 Å². The summed E-state index contributed by atoms with van der Waals surface area (Å²) in [6.45, 7) is 0.887. The normalized spacial score (nSPS) is 16.1. The average Bonchev–Trinajstić information content (AvgIpc) is 3.10. The lowest BCUT2D eigenvalue weighted by atomic mass is 9.94. The van der Waals surface area contributed by atoms with Gasteiger partial charge in [0, 0.05) is 23.1 Å². The van der Waals surface area contributed by atoms with Crippen molar-refractivity contribution in [2.45, 2.75) is 12.5 Å². The van der Waals surface area contributed by atoms with Gasteiger partial charge in [0.1, 0.15) is 5.75 Å². The van der Waals surface area contributed by atoms with Crippen molar-refractivity contribution in [3.8, 4) is 23.0 Å². The number of fused-ring (bicyclic) bond motifs is 3. The Hall–Kier alpha value is -2.86. The fraction of sp³-hybridized carbons (Fsp3) is 0.333. The second-order valence-corrected chi connectivity index (χ2v) is 6.52. The number of H-pyrrole nitrogens is 1. The lowest BCUT2D eigenvalue weighted by Gasteiger charge is -2.26. The van der Waals surface area contributed by atoms with Gasteiger partial charge in [-0.1, -0.05) is 0 Å². The quantitative estimate of drug-likeness (QED) is 0.722. The van der Waals surface area contributed by atoms with Crippen LogP contribution in [0.15, 0.2) is 30.3 Å².